The van der Waals surface area contributed by atoms with Crippen LogP contribution >= 0.6 is 11.8 Å². The highest BCUT2D eigenvalue weighted by Gasteiger charge is 2.12. The maximum Gasteiger partial charge on any atom is 0.272 e. The second kappa shape index (κ2) is 10.3. The number of hydrazine groups is 1. The number of imidazole rings is 1. The number of H-pyrrole nitrogens is 1. The fraction of sp³-hybridized carbons (Fsp3) is 0.0769. The zero-order valence-corrected chi connectivity index (χ0v) is 19.5. The van der Waals surface area contributed by atoms with E-state index in [-0.39, 0.29) is 0 Å². The molecule has 3 aromatic carbocycles. The number of fused-ring (bicyclic) bond motifs is 1. The van der Waals surface area contributed by atoms with E-state index in [9.17, 15) is 9.59 Å². The van der Waals surface area contributed by atoms with Gasteiger partial charge in [0.1, 0.15) is 0 Å². The van der Waals surface area contributed by atoms with Crippen molar-refractivity contribution in [2.75, 3.05) is 0 Å². The molecule has 0 atom stereocenters. The smallest absolute Gasteiger partial charge is 0.272 e. The van der Waals surface area contributed by atoms with Crippen LogP contribution in [0, 0.1) is 0 Å². The third kappa shape index (κ3) is 5.59. The average Bonchev–Trinajstić information content (AvgIpc) is 3.53. The summed E-state index contributed by atoms with van der Waals surface area (Å²) in [6.45, 7) is 0.557. The maximum absolute atomic E-state index is 12.5. The highest BCUT2D eigenvalue weighted by Crippen LogP contribution is 2.23. The second-order valence-corrected chi connectivity index (χ2v) is 8.83. The van der Waals surface area contributed by atoms with Gasteiger partial charge in [0, 0.05) is 17.5 Å². The highest BCUT2D eigenvalue weighted by molar-refractivity contribution is 7.98. The minimum atomic E-state index is -0.434. The minimum absolute atomic E-state index is 0.360. The van der Waals surface area contributed by atoms with E-state index in [0.29, 0.717) is 23.4 Å². The van der Waals surface area contributed by atoms with Gasteiger partial charge in [0.15, 0.2) is 5.16 Å². The lowest BCUT2D eigenvalue weighted by atomic mass is 10.1. The van der Waals surface area contributed by atoms with Gasteiger partial charge in [-0.1, -0.05) is 66.4 Å². The molecule has 0 aliphatic rings. The van der Waals surface area contributed by atoms with Gasteiger partial charge in [0.25, 0.3) is 11.8 Å². The lowest BCUT2D eigenvalue weighted by Gasteiger charge is -2.07. The Balaban J connectivity index is 1.11. The molecule has 5 aromatic rings. The molecule has 2 aromatic heterocycles. The van der Waals surface area contributed by atoms with Crippen LogP contribution in [0.4, 0.5) is 0 Å². The van der Waals surface area contributed by atoms with Crippen LogP contribution in [0.15, 0.2) is 96.4 Å². The van der Waals surface area contributed by atoms with Crippen molar-refractivity contribution >= 4 is 34.6 Å². The first-order valence-corrected chi connectivity index (χ1v) is 12.0. The van der Waals surface area contributed by atoms with Gasteiger partial charge in [-0.25, -0.2) is 4.98 Å². The Labute approximate surface area is 205 Å². The number of hydrogen-bond donors (Lipinski definition) is 3. The van der Waals surface area contributed by atoms with Crippen molar-refractivity contribution < 1.29 is 9.59 Å². The van der Waals surface area contributed by atoms with E-state index in [4.69, 9.17) is 0 Å². The molecule has 5 rings (SSSR count). The number of thioether (sulfide) groups is 1. The third-order valence-electron chi connectivity index (χ3n) is 5.33. The van der Waals surface area contributed by atoms with Gasteiger partial charge in [-0.3, -0.25) is 25.1 Å². The summed E-state index contributed by atoms with van der Waals surface area (Å²) in [6, 6.07) is 25.0. The molecule has 9 heteroatoms. The van der Waals surface area contributed by atoms with Gasteiger partial charge >= 0.3 is 0 Å². The Morgan fingerprint density at radius 3 is 2.31 bits per heavy atom. The first-order valence-electron chi connectivity index (χ1n) is 11.0. The van der Waals surface area contributed by atoms with Gasteiger partial charge < -0.3 is 4.98 Å². The Morgan fingerprint density at radius 2 is 1.54 bits per heavy atom. The highest BCUT2D eigenvalue weighted by atomic mass is 32.2. The van der Waals surface area contributed by atoms with Crippen LogP contribution < -0.4 is 10.9 Å². The summed E-state index contributed by atoms with van der Waals surface area (Å²) in [5.41, 5.74) is 9.78. The van der Waals surface area contributed by atoms with E-state index in [1.54, 1.807) is 34.8 Å². The number of rotatable bonds is 7. The summed E-state index contributed by atoms with van der Waals surface area (Å²) >= 11 is 1.60. The summed E-state index contributed by atoms with van der Waals surface area (Å²) in [4.78, 5) is 32.7. The Morgan fingerprint density at radius 1 is 0.829 bits per heavy atom. The summed E-state index contributed by atoms with van der Waals surface area (Å²) in [5, 5.41) is 5.06. The molecule has 0 saturated carbocycles. The van der Waals surface area contributed by atoms with Crippen LogP contribution in [0.3, 0.4) is 0 Å². The van der Waals surface area contributed by atoms with Gasteiger partial charge in [-0.2, -0.15) is 5.10 Å². The Hall–Kier alpha value is -4.37. The molecule has 0 radical (unpaired) electrons. The first-order chi connectivity index (χ1) is 17.1. The molecule has 0 bridgehead atoms. The standard InChI is InChI=1S/C26H22N6O2S/c33-24(30-31-25(34)21-14-27-32(16-21)15-18-6-2-1-3-7-18)20-12-10-19(11-13-20)17-35-26-28-22-8-4-5-9-23(22)29-26/h1-14,16H,15,17H2,(H,28,29)(H,30,33)(H,31,34). The lowest BCUT2D eigenvalue weighted by molar-refractivity contribution is 0.0846. The van der Waals surface area contributed by atoms with Crippen molar-refractivity contribution in [2.45, 2.75) is 17.5 Å². The number of benzene rings is 3. The molecule has 0 unspecified atom stereocenters. The van der Waals surface area contributed by atoms with Crippen molar-refractivity contribution in [3.05, 3.63) is 114 Å². The molecule has 0 saturated heterocycles. The van der Waals surface area contributed by atoms with Crippen LogP contribution in [0.25, 0.3) is 11.0 Å². The van der Waals surface area contributed by atoms with E-state index in [1.165, 1.54) is 6.20 Å². The minimum Gasteiger partial charge on any atom is -0.333 e. The Kier molecular flexibility index (Phi) is 6.58. The van der Waals surface area contributed by atoms with Crippen molar-refractivity contribution in [3.8, 4) is 0 Å². The van der Waals surface area contributed by atoms with Crippen molar-refractivity contribution in [1.82, 2.24) is 30.6 Å². The van der Waals surface area contributed by atoms with E-state index >= 15 is 0 Å². The van der Waals surface area contributed by atoms with E-state index in [0.717, 1.165) is 27.3 Å². The molecular weight excluding hydrogens is 460 g/mol. The zero-order valence-electron chi connectivity index (χ0n) is 18.6. The SMILES string of the molecule is O=C(NNC(=O)c1cnn(Cc2ccccc2)c1)c1ccc(CSc2nc3ccccc3[nH]2)cc1. The van der Waals surface area contributed by atoms with Gasteiger partial charge in [0.2, 0.25) is 0 Å². The van der Waals surface area contributed by atoms with E-state index < -0.39 is 11.8 Å². The predicted molar refractivity (Wildman–Crippen MR) is 135 cm³/mol. The lowest BCUT2D eigenvalue weighted by Crippen LogP contribution is -2.41. The van der Waals surface area contributed by atoms with Gasteiger partial charge in [0.05, 0.1) is 29.3 Å². The average molecular weight is 483 g/mol. The zero-order chi connectivity index (χ0) is 24.0. The number of aromatic nitrogens is 4. The number of nitrogens with one attached hydrogen (secondary N) is 3. The molecular formula is C26H22N6O2S. The summed E-state index contributed by atoms with van der Waals surface area (Å²) in [5.74, 6) is -0.117. The number of amides is 2. The molecule has 174 valence electrons. The van der Waals surface area contributed by atoms with Gasteiger partial charge in [-0.05, 0) is 35.4 Å². The van der Waals surface area contributed by atoms with Crippen molar-refractivity contribution in [2.24, 2.45) is 0 Å². The number of aromatic amines is 1. The number of carbonyl (C=O) groups excluding carboxylic acids is 2. The van der Waals surface area contributed by atoms with Crippen LogP contribution in [-0.4, -0.2) is 31.6 Å². The summed E-state index contributed by atoms with van der Waals surface area (Å²) < 4.78 is 1.67. The largest absolute Gasteiger partial charge is 0.333 e. The molecule has 3 N–H and O–H groups in total. The van der Waals surface area contributed by atoms with Crippen LogP contribution in [0.1, 0.15) is 31.8 Å². The summed E-state index contributed by atoms with van der Waals surface area (Å²) in [7, 11) is 0. The Bertz CT molecular complexity index is 1430. The fourth-order valence-corrected chi connectivity index (χ4v) is 4.34. The van der Waals surface area contributed by atoms with Crippen LogP contribution in [0.2, 0.25) is 0 Å². The molecule has 0 fully saturated rings. The number of carbonyl (C=O) groups is 2. The monoisotopic (exact) mass is 482 g/mol. The molecule has 8 nitrogen and oxygen atoms in total. The molecule has 0 aliphatic carbocycles. The number of hydrogen-bond acceptors (Lipinski definition) is 5. The molecule has 2 amide bonds. The van der Waals surface area contributed by atoms with Gasteiger partial charge in [-0.15, -0.1) is 0 Å². The fourth-order valence-electron chi connectivity index (χ4n) is 3.50. The maximum atomic E-state index is 12.5. The molecule has 2 heterocycles. The van der Waals surface area contributed by atoms with Crippen molar-refractivity contribution in [1.29, 1.82) is 0 Å². The molecule has 0 spiro atoms. The predicted octanol–water partition coefficient (Wildman–Crippen LogP) is 4.17. The van der Waals surface area contributed by atoms with Crippen molar-refractivity contribution in [3.63, 3.8) is 0 Å². The second-order valence-electron chi connectivity index (χ2n) is 7.87. The normalized spacial score (nSPS) is 10.9. The molecule has 0 aliphatic heterocycles. The first kappa shape index (κ1) is 22.4. The van der Waals surface area contributed by atoms with Crippen LogP contribution in [-0.2, 0) is 12.3 Å². The summed E-state index contributed by atoms with van der Waals surface area (Å²) in [6.07, 6.45) is 3.11. The number of para-hydroxylation sites is 2. The topological polar surface area (TPSA) is 105 Å². The van der Waals surface area contributed by atoms with E-state index in [2.05, 4.69) is 25.9 Å². The quantitative estimate of drug-likeness (QED) is 0.239. The van der Waals surface area contributed by atoms with E-state index in [1.807, 2.05) is 66.7 Å². The number of nitrogens with zero attached hydrogens (tertiary/aromatic N) is 3. The third-order valence-corrected chi connectivity index (χ3v) is 6.28. The molecule has 35 heavy (non-hydrogen) atoms. The van der Waals surface area contributed by atoms with Crippen LogP contribution in [0.5, 0.6) is 0 Å².